The summed E-state index contributed by atoms with van der Waals surface area (Å²) in [6.45, 7) is 4.86. The molecule has 3 heteroatoms. The summed E-state index contributed by atoms with van der Waals surface area (Å²) in [5, 5.41) is 10.7. The second-order valence-electron chi connectivity index (χ2n) is 16.1. The minimum Gasteiger partial charge on any atom is -0.147 e. The van der Waals surface area contributed by atoms with Gasteiger partial charge in [0, 0.05) is 0 Å². The van der Waals surface area contributed by atoms with Gasteiger partial charge in [0.05, 0.1) is 0 Å². The van der Waals surface area contributed by atoms with Crippen molar-refractivity contribution < 1.29 is 20.0 Å². The van der Waals surface area contributed by atoms with E-state index in [4.69, 9.17) is 0 Å². The van der Waals surface area contributed by atoms with Crippen molar-refractivity contribution in [2.75, 3.05) is 0 Å². The van der Waals surface area contributed by atoms with Crippen LogP contribution in [-0.2, 0) is 20.0 Å². The molecular weight excluding hydrogens is 886 g/mol. The molecule has 0 amide bonds. The normalized spacial score (nSPS) is 17.8. The maximum absolute atomic E-state index is 3.21. The van der Waals surface area contributed by atoms with Gasteiger partial charge >= 0.3 is 325 Å². The van der Waals surface area contributed by atoms with E-state index in [1.807, 2.05) is 0 Å². The average Bonchev–Trinajstić information content (AvgIpc) is 3.78. The Balaban J connectivity index is 0.00000205. The summed E-state index contributed by atoms with van der Waals surface area (Å²) >= 11 is -3.21. The molecule has 0 bridgehead atoms. The quantitative estimate of drug-likeness (QED) is 0.115. The van der Waals surface area contributed by atoms with Crippen LogP contribution < -0.4 is 0 Å². The first-order chi connectivity index (χ1) is 26.7. The fraction of sp³-hybridized carbons (Fsp3) is 0.170. The zero-order valence-corrected chi connectivity index (χ0v) is 37.2. The summed E-state index contributed by atoms with van der Waals surface area (Å²) in [7, 11) is 0. The first-order valence-corrected chi connectivity index (χ1v) is 29.4. The van der Waals surface area contributed by atoms with Crippen molar-refractivity contribution in [1.82, 2.24) is 0 Å². The van der Waals surface area contributed by atoms with Crippen molar-refractivity contribution in [3.8, 4) is 22.3 Å². The summed E-state index contributed by atoms with van der Waals surface area (Å²) in [5.74, 6) is 0. The number of halogens is 2. The van der Waals surface area contributed by atoms with Crippen molar-refractivity contribution >= 4 is 80.1 Å². The molecule has 1 aliphatic heterocycles. The first kappa shape index (κ1) is 37.3. The van der Waals surface area contributed by atoms with Gasteiger partial charge in [0.25, 0.3) is 0 Å². The van der Waals surface area contributed by atoms with E-state index in [9.17, 15) is 0 Å². The predicted molar refractivity (Wildman–Crippen MR) is 245 cm³/mol. The molecule has 0 saturated carbocycles. The van der Waals surface area contributed by atoms with Gasteiger partial charge in [-0.15, -0.1) is 24.8 Å². The standard InChI is InChI=1S/2C25H19.C3H6.2ClH.Hf/c2*1-2-17-14-18-10-7-13-23(24(18)15-17)25-21-11-5-3-8-19(21)16-20-9-4-6-12-22(20)25;1-3-2;;;/h2*3-16H,2H2,1H3;1-3H2;2*1H;. The van der Waals surface area contributed by atoms with E-state index in [1.165, 1.54) is 91.2 Å². The van der Waals surface area contributed by atoms with Crippen LogP contribution in [0.2, 0.25) is 8.35 Å². The van der Waals surface area contributed by atoms with E-state index in [0.717, 1.165) is 12.8 Å². The molecule has 0 spiro atoms. The Labute approximate surface area is 347 Å². The number of hydrogen-bond donors (Lipinski definition) is 0. The van der Waals surface area contributed by atoms with Crippen LogP contribution in [0.1, 0.15) is 62.7 Å². The van der Waals surface area contributed by atoms with Crippen LogP contribution in [0.25, 0.3) is 77.5 Å². The smallest absolute Gasteiger partial charge is 0.147 e. The number of benzene rings is 8. The summed E-state index contributed by atoms with van der Waals surface area (Å²) < 4.78 is 4.22. The molecule has 1 heterocycles. The van der Waals surface area contributed by atoms with Gasteiger partial charge in [-0.3, -0.25) is 0 Å². The van der Waals surface area contributed by atoms with Crippen LogP contribution >= 0.6 is 24.8 Å². The van der Waals surface area contributed by atoms with Crippen LogP contribution in [0.3, 0.4) is 0 Å². The Morgan fingerprint density at radius 3 is 1.12 bits per heavy atom. The second-order valence-corrected chi connectivity index (χ2v) is 32.7. The fourth-order valence-corrected chi connectivity index (χ4v) is 34.5. The number of allylic oxidation sites excluding steroid dienone is 2. The van der Waals surface area contributed by atoms with Crippen LogP contribution in [-0.4, -0.2) is 0 Å². The molecule has 3 aliphatic rings. The maximum Gasteiger partial charge on any atom is -0.147 e. The van der Waals surface area contributed by atoms with E-state index < -0.39 is 20.0 Å². The maximum atomic E-state index is 2.68. The third-order valence-corrected chi connectivity index (χ3v) is 36.0. The van der Waals surface area contributed by atoms with E-state index >= 15 is 0 Å². The molecule has 56 heavy (non-hydrogen) atoms. The molecule has 11 rings (SSSR count). The Morgan fingerprint density at radius 1 is 0.446 bits per heavy atom. The van der Waals surface area contributed by atoms with Crippen LogP contribution in [0, 0.1) is 0 Å². The number of hydrogen-bond acceptors (Lipinski definition) is 0. The minimum absolute atomic E-state index is 0. The molecule has 0 aromatic heterocycles. The Morgan fingerprint density at radius 2 is 0.804 bits per heavy atom. The molecular formula is C53H46Cl2Hf. The van der Waals surface area contributed by atoms with E-state index in [-0.39, 0.29) is 24.8 Å². The molecule has 8 aromatic rings. The minimum atomic E-state index is -3.21. The van der Waals surface area contributed by atoms with Gasteiger partial charge in [0.2, 0.25) is 0 Å². The van der Waals surface area contributed by atoms with Gasteiger partial charge in [-0.25, -0.2) is 0 Å². The molecule has 0 nitrogen and oxygen atoms in total. The van der Waals surface area contributed by atoms with Crippen molar-refractivity contribution in [2.45, 2.75) is 48.8 Å². The molecule has 276 valence electrons. The van der Waals surface area contributed by atoms with Crippen LogP contribution in [0.4, 0.5) is 0 Å². The van der Waals surface area contributed by atoms with Gasteiger partial charge < -0.3 is 0 Å². The van der Waals surface area contributed by atoms with Gasteiger partial charge in [-0.05, 0) is 0 Å². The summed E-state index contributed by atoms with van der Waals surface area (Å²) in [6, 6.07) is 55.6. The van der Waals surface area contributed by atoms with Crippen molar-refractivity contribution in [1.29, 1.82) is 0 Å². The summed E-state index contributed by atoms with van der Waals surface area (Å²) in [6.07, 6.45) is 9.01. The summed E-state index contributed by atoms with van der Waals surface area (Å²) in [4.78, 5) is 0. The average molecular weight is 932 g/mol. The zero-order chi connectivity index (χ0) is 36.0. The number of fused-ring (bicyclic) bond motifs is 6. The monoisotopic (exact) mass is 932 g/mol. The van der Waals surface area contributed by atoms with Gasteiger partial charge in [0.15, 0.2) is 0 Å². The molecule has 0 N–H and O–H groups in total. The molecule has 2 unspecified atom stereocenters. The van der Waals surface area contributed by atoms with Crippen LogP contribution in [0.5, 0.6) is 0 Å². The second kappa shape index (κ2) is 14.6. The largest absolute Gasteiger partial charge is 0.147 e. The van der Waals surface area contributed by atoms with Gasteiger partial charge in [0.1, 0.15) is 0 Å². The van der Waals surface area contributed by atoms with E-state index in [0.29, 0.717) is 7.35 Å². The molecule has 1 fully saturated rings. The Bertz CT molecular complexity index is 2610. The molecule has 2 atom stereocenters. The number of rotatable bonds is 6. The van der Waals surface area contributed by atoms with Crippen molar-refractivity contribution in [3.05, 3.63) is 179 Å². The Hall–Kier alpha value is -4.27. The van der Waals surface area contributed by atoms with Crippen molar-refractivity contribution in [3.63, 3.8) is 0 Å². The SMILES string of the molecule is CCC1=Cc2c(-c3c4ccccc4cc4ccccc34)cccc2[CH]1[Hf]1([CH]2C(CC)=Cc3c(-c4c5ccccc5cc5ccccc45)cccc32)[CH2]C[CH2]1.Cl.Cl. The molecule has 8 aromatic carbocycles. The Kier molecular flexibility index (Phi) is 9.72. The third kappa shape index (κ3) is 5.41. The third-order valence-electron chi connectivity index (χ3n) is 13.6. The van der Waals surface area contributed by atoms with E-state index in [1.54, 1.807) is 22.3 Å². The molecule has 0 radical (unpaired) electrons. The topological polar surface area (TPSA) is 0 Å². The molecule has 1 saturated heterocycles. The predicted octanol–water partition coefficient (Wildman–Crippen LogP) is 16.3. The fourth-order valence-electron chi connectivity index (χ4n) is 11.3. The van der Waals surface area contributed by atoms with Gasteiger partial charge in [-0.2, -0.15) is 0 Å². The van der Waals surface area contributed by atoms with Crippen molar-refractivity contribution in [2.24, 2.45) is 0 Å². The van der Waals surface area contributed by atoms with Crippen LogP contribution in [0.15, 0.2) is 157 Å². The first-order valence-electron chi connectivity index (χ1n) is 20.2. The molecule has 2 aliphatic carbocycles. The van der Waals surface area contributed by atoms with E-state index in [2.05, 4.69) is 172 Å². The van der Waals surface area contributed by atoms with Gasteiger partial charge in [-0.1, -0.05) is 0 Å². The zero-order valence-electron chi connectivity index (χ0n) is 32.0. The summed E-state index contributed by atoms with van der Waals surface area (Å²) in [5.41, 5.74) is 15.4.